The van der Waals surface area contributed by atoms with Gasteiger partial charge in [0, 0.05) is 26.1 Å². The standard InChI is InChI=1S/C17H24FN5O2/c18-13-9-19-15(20-10-13)21-14-8-17(25-11-14)4-3-7-23(12-17)16(24)22-5-1-2-6-22/h9-10,14H,1-8,11-12H2,(H,19,20,21)/t14-,17+/m1/s1. The summed E-state index contributed by atoms with van der Waals surface area (Å²) in [6, 6.07) is 0.228. The van der Waals surface area contributed by atoms with Crippen molar-refractivity contribution in [2.45, 2.75) is 43.7 Å². The lowest BCUT2D eigenvalue weighted by atomic mass is 9.89. The molecule has 0 radical (unpaired) electrons. The summed E-state index contributed by atoms with van der Waals surface area (Å²) in [4.78, 5) is 24.5. The summed E-state index contributed by atoms with van der Waals surface area (Å²) in [6.07, 6.45) is 7.22. The van der Waals surface area contributed by atoms with Crippen LogP contribution in [-0.4, -0.2) is 70.2 Å². The first-order chi connectivity index (χ1) is 12.1. The number of carbonyl (C=O) groups is 1. The molecule has 0 saturated carbocycles. The SMILES string of the molecule is O=C(N1CCCC1)N1CCC[C@]2(C[C@@H](Nc3ncc(F)cn3)CO2)C1. The molecule has 1 aromatic heterocycles. The van der Waals surface area contributed by atoms with Gasteiger partial charge in [0.25, 0.3) is 0 Å². The van der Waals surface area contributed by atoms with E-state index in [0.717, 1.165) is 64.1 Å². The van der Waals surface area contributed by atoms with E-state index in [1.807, 2.05) is 9.80 Å². The number of urea groups is 1. The number of anilines is 1. The predicted octanol–water partition coefficient (Wildman–Crippen LogP) is 1.87. The van der Waals surface area contributed by atoms with Crippen LogP contribution in [0, 0.1) is 5.82 Å². The van der Waals surface area contributed by atoms with Crippen LogP contribution in [0.3, 0.4) is 0 Å². The first-order valence-corrected chi connectivity index (χ1v) is 9.05. The number of rotatable bonds is 2. The van der Waals surface area contributed by atoms with Gasteiger partial charge in [-0.15, -0.1) is 0 Å². The second kappa shape index (κ2) is 6.74. The maximum absolute atomic E-state index is 12.9. The Morgan fingerprint density at radius 1 is 1.20 bits per heavy atom. The first-order valence-electron chi connectivity index (χ1n) is 9.05. The van der Waals surface area contributed by atoms with E-state index in [1.54, 1.807) is 0 Å². The summed E-state index contributed by atoms with van der Waals surface area (Å²) >= 11 is 0. The average Bonchev–Trinajstić information content (AvgIpc) is 3.27. The molecule has 1 spiro atoms. The fraction of sp³-hybridized carbons (Fsp3) is 0.706. The number of nitrogens with zero attached hydrogens (tertiary/aromatic N) is 4. The van der Waals surface area contributed by atoms with Crippen LogP contribution in [0.2, 0.25) is 0 Å². The van der Waals surface area contributed by atoms with Crippen LogP contribution >= 0.6 is 0 Å². The minimum atomic E-state index is -0.451. The Bertz CT molecular complexity index is 622. The Hall–Kier alpha value is -1.96. The first kappa shape index (κ1) is 16.5. The highest BCUT2D eigenvalue weighted by atomic mass is 19.1. The molecule has 4 rings (SSSR count). The molecule has 2 amide bonds. The molecule has 3 aliphatic heterocycles. The van der Waals surface area contributed by atoms with Gasteiger partial charge < -0.3 is 19.9 Å². The minimum Gasteiger partial charge on any atom is -0.371 e. The fourth-order valence-electron chi connectivity index (χ4n) is 4.16. The highest BCUT2D eigenvalue weighted by molar-refractivity contribution is 5.75. The third-order valence-electron chi connectivity index (χ3n) is 5.35. The van der Waals surface area contributed by atoms with Crippen LogP contribution in [0.4, 0.5) is 15.1 Å². The zero-order valence-corrected chi connectivity index (χ0v) is 14.3. The minimum absolute atomic E-state index is 0.0762. The van der Waals surface area contributed by atoms with Gasteiger partial charge in [-0.2, -0.15) is 0 Å². The number of likely N-dealkylation sites (tertiary alicyclic amines) is 2. The van der Waals surface area contributed by atoms with Crippen molar-refractivity contribution >= 4 is 12.0 Å². The Kier molecular flexibility index (Phi) is 4.45. The molecule has 8 heteroatoms. The van der Waals surface area contributed by atoms with Crippen molar-refractivity contribution in [1.82, 2.24) is 19.8 Å². The topological polar surface area (TPSA) is 70.6 Å². The molecule has 0 unspecified atom stereocenters. The van der Waals surface area contributed by atoms with Gasteiger partial charge in [0.05, 0.1) is 37.2 Å². The molecule has 3 aliphatic rings. The summed E-state index contributed by atoms with van der Waals surface area (Å²) in [7, 11) is 0. The van der Waals surface area contributed by atoms with Crippen LogP contribution in [0.15, 0.2) is 12.4 Å². The third kappa shape index (κ3) is 3.53. The van der Waals surface area contributed by atoms with Crippen molar-refractivity contribution in [3.63, 3.8) is 0 Å². The van der Waals surface area contributed by atoms with E-state index in [4.69, 9.17) is 4.74 Å². The van der Waals surface area contributed by atoms with Crippen molar-refractivity contribution in [3.8, 4) is 0 Å². The maximum atomic E-state index is 12.9. The number of halogens is 1. The highest BCUT2D eigenvalue weighted by Crippen LogP contribution is 2.36. The van der Waals surface area contributed by atoms with Crippen molar-refractivity contribution in [2.75, 3.05) is 38.1 Å². The normalized spacial score (nSPS) is 29.4. The molecular formula is C17H24FN5O2. The molecule has 3 saturated heterocycles. The Balaban J connectivity index is 1.37. The quantitative estimate of drug-likeness (QED) is 0.883. The second-order valence-electron chi connectivity index (χ2n) is 7.27. The molecule has 4 heterocycles. The number of amides is 2. The summed E-state index contributed by atoms with van der Waals surface area (Å²) < 4.78 is 19.0. The van der Waals surface area contributed by atoms with Crippen molar-refractivity contribution in [1.29, 1.82) is 0 Å². The van der Waals surface area contributed by atoms with Crippen LogP contribution in [0.25, 0.3) is 0 Å². The third-order valence-corrected chi connectivity index (χ3v) is 5.35. The number of piperidine rings is 1. The van der Waals surface area contributed by atoms with E-state index < -0.39 is 5.82 Å². The smallest absolute Gasteiger partial charge is 0.320 e. The molecule has 3 fully saturated rings. The largest absolute Gasteiger partial charge is 0.371 e. The molecule has 1 aromatic rings. The summed E-state index contributed by atoms with van der Waals surface area (Å²) in [5.74, 6) is -0.0408. The Labute approximate surface area is 146 Å². The van der Waals surface area contributed by atoms with Crippen molar-refractivity contribution in [2.24, 2.45) is 0 Å². The van der Waals surface area contributed by atoms with E-state index in [1.165, 1.54) is 0 Å². The second-order valence-corrected chi connectivity index (χ2v) is 7.27. The van der Waals surface area contributed by atoms with Gasteiger partial charge >= 0.3 is 6.03 Å². The van der Waals surface area contributed by atoms with Gasteiger partial charge in [-0.3, -0.25) is 0 Å². The van der Waals surface area contributed by atoms with E-state index in [9.17, 15) is 9.18 Å². The Morgan fingerprint density at radius 3 is 2.68 bits per heavy atom. The molecular weight excluding hydrogens is 325 g/mol. The van der Waals surface area contributed by atoms with Crippen LogP contribution in [-0.2, 0) is 4.74 Å². The van der Waals surface area contributed by atoms with Gasteiger partial charge in [-0.1, -0.05) is 0 Å². The monoisotopic (exact) mass is 349 g/mol. The molecule has 1 N–H and O–H groups in total. The summed E-state index contributed by atoms with van der Waals surface area (Å²) in [5, 5.41) is 3.21. The maximum Gasteiger partial charge on any atom is 0.320 e. The van der Waals surface area contributed by atoms with Crippen molar-refractivity contribution in [3.05, 3.63) is 18.2 Å². The van der Waals surface area contributed by atoms with Crippen LogP contribution in [0.1, 0.15) is 32.1 Å². The lowest BCUT2D eigenvalue weighted by molar-refractivity contribution is -0.0435. The Morgan fingerprint density at radius 2 is 1.92 bits per heavy atom. The molecule has 2 atom stereocenters. The number of carbonyl (C=O) groups excluding carboxylic acids is 1. The molecule has 0 aliphatic carbocycles. The number of nitrogens with one attached hydrogen (secondary N) is 1. The van der Waals surface area contributed by atoms with E-state index in [2.05, 4.69) is 15.3 Å². The lowest BCUT2D eigenvalue weighted by Crippen LogP contribution is -2.53. The highest BCUT2D eigenvalue weighted by Gasteiger charge is 2.45. The predicted molar refractivity (Wildman–Crippen MR) is 89.7 cm³/mol. The number of hydrogen-bond donors (Lipinski definition) is 1. The molecule has 7 nitrogen and oxygen atoms in total. The van der Waals surface area contributed by atoms with Crippen molar-refractivity contribution < 1.29 is 13.9 Å². The fourth-order valence-corrected chi connectivity index (χ4v) is 4.16. The van der Waals surface area contributed by atoms with Gasteiger partial charge in [0.15, 0.2) is 5.82 Å². The van der Waals surface area contributed by atoms with Gasteiger partial charge in [-0.05, 0) is 25.7 Å². The van der Waals surface area contributed by atoms with Gasteiger partial charge in [0.2, 0.25) is 5.95 Å². The molecule has 0 bridgehead atoms. The lowest BCUT2D eigenvalue weighted by Gasteiger charge is -2.41. The van der Waals surface area contributed by atoms with Crippen LogP contribution in [0.5, 0.6) is 0 Å². The summed E-state index contributed by atoms with van der Waals surface area (Å²) in [5.41, 5.74) is -0.286. The van der Waals surface area contributed by atoms with Crippen LogP contribution < -0.4 is 5.32 Å². The molecule has 25 heavy (non-hydrogen) atoms. The number of ether oxygens (including phenoxy) is 1. The average molecular weight is 349 g/mol. The van der Waals surface area contributed by atoms with Gasteiger partial charge in [0.1, 0.15) is 0 Å². The molecule has 136 valence electrons. The molecule has 0 aromatic carbocycles. The van der Waals surface area contributed by atoms with E-state index in [-0.39, 0.29) is 17.7 Å². The zero-order chi connectivity index (χ0) is 17.3. The van der Waals surface area contributed by atoms with E-state index >= 15 is 0 Å². The van der Waals surface area contributed by atoms with Gasteiger partial charge in [-0.25, -0.2) is 19.2 Å². The van der Waals surface area contributed by atoms with E-state index in [0.29, 0.717) is 19.1 Å². The summed E-state index contributed by atoms with van der Waals surface area (Å²) in [6.45, 7) is 3.74. The number of hydrogen-bond acceptors (Lipinski definition) is 5. The number of aromatic nitrogens is 2. The zero-order valence-electron chi connectivity index (χ0n) is 14.3.